The smallest absolute Gasteiger partial charge is 0.264 e. The predicted octanol–water partition coefficient (Wildman–Crippen LogP) is 2.91. The second-order valence-corrected chi connectivity index (χ2v) is 3.94. The SMILES string of the molecule is CC(C)c1noc(COc2ccc(F)cc2)n1. The van der Waals surface area contributed by atoms with Gasteiger partial charge in [-0.25, -0.2) is 4.39 Å². The minimum Gasteiger partial charge on any atom is -0.484 e. The topological polar surface area (TPSA) is 48.2 Å². The van der Waals surface area contributed by atoms with Crippen LogP contribution < -0.4 is 4.74 Å². The van der Waals surface area contributed by atoms with Gasteiger partial charge in [0.1, 0.15) is 11.6 Å². The van der Waals surface area contributed by atoms with Gasteiger partial charge in [-0.3, -0.25) is 0 Å². The molecule has 0 fully saturated rings. The van der Waals surface area contributed by atoms with Crippen LogP contribution >= 0.6 is 0 Å². The van der Waals surface area contributed by atoms with E-state index < -0.39 is 0 Å². The van der Waals surface area contributed by atoms with E-state index in [1.54, 1.807) is 12.1 Å². The number of hydrogen-bond acceptors (Lipinski definition) is 4. The van der Waals surface area contributed by atoms with Crippen LogP contribution in [0.15, 0.2) is 28.8 Å². The van der Waals surface area contributed by atoms with Crippen LogP contribution in [0, 0.1) is 5.82 Å². The molecule has 0 bridgehead atoms. The molecule has 0 spiro atoms. The van der Waals surface area contributed by atoms with E-state index in [2.05, 4.69) is 10.1 Å². The molecule has 0 N–H and O–H groups in total. The van der Waals surface area contributed by atoms with E-state index in [1.165, 1.54) is 12.1 Å². The number of benzene rings is 1. The lowest BCUT2D eigenvalue weighted by Crippen LogP contribution is -1.96. The molecule has 0 atom stereocenters. The number of rotatable bonds is 4. The summed E-state index contributed by atoms with van der Waals surface area (Å²) in [7, 11) is 0. The van der Waals surface area contributed by atoms with E-state index in [0.717, 1.165) is 0 Å². The average molecular weight is 236 g/mol. The van der Waals surface area contributed by atoms with Gasteiger partial charge in [-0.05, 0) is 24.3 Å². The Morgan fingerprint density at radius 2 is 2.00 bits per heavy atom. The Bertz CT molecular complexity index is 480. The maximum Gasteiger partial charge on any atom is 0.264 e. The molecule has 90 valence electrons. The first-order valence-corrected chi connectivity index (χ1v) is 5.36. The Morgan fingerprint density at radius 3 is 2.59 bits per heavy atom. The standard InChI is InChI=1S/C12H13FN2O2/c1-8(2)12-14-11(17-15-12)7-16-10-5-3-9(13)4-6-10/h3-6,8H,7H2,1-2H3. The second kappa shape index (κ2) is 4.95. The highest BCUT2D eigenvalue weighted by molar-refractivity contribution is 5.22. The third-order valence-electron chi connectivity index (χ3n) is 2.18. The summed E-state index contributed by atoms with van der Waals surface area (Å²) in [5.41, 5.74) is 0. The molecule has 0 aliphatic rings. The summed E-state index contributed by atoms with van der Waals surface area (Å²) in [6, 6.07) is 5.77. The van der Waals surface area contributed by atoms with Crippen LogP contribution in [-0.4, -0.2) is 10.1 Å². The van der Waals surface area contributed by atoms with Gasteiger partial charge in [0.05, 0.1) is 0 Å². The van der Waals surface area contributed by atoms with Gasteiger partial charge in [0.15, 0.2) is 12.4 Å². The Kier molecular flexibility index (Phi) is 3.37. The Morgan fingerprint density at radius 1 is 1.29 bits per heavy atom. The van der Waals surface area contributed by atoms with E-state index >= 15 is 0 Å². The molecule has 5 heteroatoms. The fourth-order valence-electron chi connectivity index (χ4n) is 1.24. The minimum atomic E-state index is -0.294. The van der Waals surface area contributed by atoms with Gasteiger partial charge < -0.3 is 9.26 Å². The van der Waals surface area contributed by atoms with Crippen molar-refractivity contribution < 1.29 is 13.7 Å². The van der Waals surface area contributed by atoms with Crippen LogP contribution in [0.25, 0.3) is 0 Å². The van der Waals surface area contributed by atoms with Crippen molar-refractivity contribution in [2.45, 2.75) is 26.4 Å². The Labute approximate surface area is 98.4 Å². The Hall–Kier alpha value is -1.91. The predicted molar refractivity (Wildman–Crippen MR) is 59.1 cm³/mol. The van der Waals surface area contributed by atoms with Crippen LogP contribution in [0.4, 0.5) is 4.39 Å². The molecular formula is C12H13FN2O2. The Balaban J connectivity index is 1.95. The normalized spacial score (nSPS) is 10.8. The summed E-state index contributed by atoms with van der Waals surface area (Å²) in [5.74, 6) is 1.56. The first-order valence-electron chi connectivity index (χ1n) is 5.36. The quantitative estimate of drug-likeness (QED) is 0.818. The van der Waals surface area contributed by atoms with E-state index in [9.17, 15) is 4.39 Å². The van der Waals surface area contributed by atoms with Crippen LogP contribution in [-0.2, 0) is 6.61 Å². The lowest BCUT2D eigenvalue weighted by atomic mass is 10.2. The molecule has 0 saturated carbocycles. The molecule has 0 saturated heterocycles. The summed E-state index contributed by atoms with van der Waals surface area (Å²) >= 11 is 0. The zero-order chi connectivity index (χ0) is 12.3. The molecule has 2 rings (SSSR count). The van der Waals surface area contributed by atoms with E-state index in [4.69, 9.17) is 9.26 Å². The summed E-state index contributed by atoms with van der Waals surface area (Å²) in [6.45, 7) is 4.15. The summed E-state index contributed by atoms with van der Waals surface area (Å²) in [5, 5.41) is 3.82. The molecule has 1 aromatic carbocycles. The largest absolute Gasteiger partial charge is 0.484 e. The molecule has 4 nitrogen and oxygen atoms in total. The lowest BCUT2D eigenvalue weighted by Gasteiger charge is -2.01. The molecule has 0 amide bonds. The maximum absolute atomic E-state index is 12.6. The third-order valence-corrected chi connectivity index (χ3v) is 2.18. The zero-order valence-electron chi connectivity index (χ0n) is 9.68. The van der Waals surface area contributed by atoms with Crippen molar-refractivity contribution in [1.29, 1.82) is 0 Å². The number of aromatic nitrogens is 2. The van der Waals surface area contributed by atoms with Crippen molar-refractivity contribution in [3.63, 3.8) is 0 Å². The van der Waals surface area contributed by atoms with E-state index in [1.807, 2.05) is 13.8 Å². The van der Waals surface area contributed by atoms with Crippen molar-refractivity contribution in [2.24, 2.45) is 0 Å². The zero-order valence-corrected chi connectivity index (χ0v) is 9.68. The molecule has 1 aromatic heterocycles. The maximum atomic E-state index is 12.6. The molecule has 2 aromatic rings. The first kappa shape index (κ1) is 11.6. The highest BCUT2D eigenvalue weighted by atomic mass is 19.1. The number of halogens is 1. The number of ether oxygens (including phenoxy) is 1. The fourth-order valence-corrected chi connectivity index (χ4v) is 1.24. The van der Waals surface area contributed by atoms with Gasteiger partial charge in [-0.2, -0.15) is 4.98 Å². The lowest BCUT2D eigenvalue weighted by molar-refractivity contribution is 0.242. The van der Waals surface area contributed by atoms with E-state index in [0.29, 0.717) is 17.5 Å². The van der Waals surface area contributed by atoms with E-state index in [-0.39, 0.29) is 18.3 Å². The van der Waals surface area contributed by atoms with Gasteiger partial charge in [-0.1, -0.05) is 19.0 Å². The van der Waals surface area contributed by atoms with Crippen molar-refractivity contribution in [3.8, 4) is 5.75 Å². The molecule has 0 aliphatic carbocycles. The number of hydrogen-bond donors (Lipinski definition) is 0. The van der Waals surface area contributed by atoms with Crippen molar-refractivity contribution in [3.05, 3.63) is 41.8 Å². The van der Waals surface area contributed by atoms with Crippen LogP contribution in [0.3, 0.4) is 0 Å². The molecule has 0 unspecified atom stereocenters. The summed E-state index contributed by atoms with van der Waals surface area (Å²) in [4.78, 5) is 4.17. The van der Waals surface area contributed by atoms with Gasteiger partial charge in [0, 0.05) is 5.92 Å². The molecular weight excluding hydrogens is 223 g/mol. The minimum absolute atomic E-state index is 0.186. The number of nitrogens with zero attached hydrogens (tertiary/aromatic N) is 2. The molecule has 0 radical (unpaired) electrons. The van der Waals surface area contributed by atoms with Gasteiger partial charge >= 0.3 is 0 Å². The highest BCUT2D eigenvalue weighted by Gasteiger charge is 2.09. The first-order chi connectivity index (χ1) is 8.15. The van der Waals surface area contributed by atoms with Crippen LogP contribution in [0.2, 0.25) is 0 Å². The monoisotopic (exact) mass is 236 g/mol. The average Bonchev–Trinajstić information content (AvgIpc) is 2.77. The summed E-state index contributed by atoms with van der Waals surface area (Å²) < 4.78 is 23.0. The van der Waals surface area contributed by atoms with Crippen molar-refractivity contribution in [1.82, 2.24) is 10.1 Å². The van der Waals surface area contributed by atoms with Gasteiger partial charge in [-0.15, -0.1) is 0 Å². The van der Waals surface area contributed by atoms with Crippen molar-refractivity contribution >= 4 is 0 Å². The molecule has 0 aliphatic heterocycles. The fraction of sp³-hybridized carbons (Fsp3) is 0.333. The van der Waals surface area contributed by atoms with Gasteiger partial charge in [0.2, 0.25) is 0 Å². The van der Waals surface area contributed by atoms with Gasteiger partial charge in [0.25, 0.3) is 5.89 Å². The van der Waals surface area contributed by atoms with Crippen molar-refractivity contribution in [2.75, 3.05) is 0 Å². The molecule has 1 heterocycles. The summed E-state index contributed by atoms with van der Waals surface area (Å²) in [6.07, 6.45) is 0. The van der Waals surface area contributed by atoms with Crippen LogP contribution in [0.1, 0.15) is 31.5 Å². The third kappa shape index (κ3) is 3.03. The second-order valence-electron chi connectivity index (χ2n) is 3.94. The highest BCUT2D eigenvalue weighted by Crippen LogP contribution is 2.14. The van der Waals surface area contributed by atoms with Crippen LogP contribution in [0.5, 0.6) is 5.75 Å². The molecule has 17 heavy (non-hydrogen) atoms.